The Kier molecular flexibility index (Phi) is 7.25. The van der Waals surface area contributed by atoms with Gasteiger partial charge in [0.25, 0.3) is 0 Å². The maximum atomic E-state index is 9.99. The van der Waals surface area contributed by atoms with Gasteiger partial charge in [0.15, 0.2) is 0 Å². The van der Waals surface area contributed by atoms with Crippen LogP contribution in [0.15, 0.2) is 0 Å². The van der Waals surface area contributed by atoms with Gasteiger partial charge in [0.1, 0.15) is 0 Å². The Labute approximate surface area is 117 Å². The largest absolute Gasteiger partial charge is 0.390 e. The molecule has 0 aromatic carbocycles. The van der Waals surface area contributed by atoms with Gasteiger partial charge in [-0.3, -0.25) is 0 Å². The number of ether oxygens (including phenoxy) is 1. The number of hydrogen-bond acceptors (Lipinski definition) is 5. The number of nitrogens with one attached hydrogen (secondary N) is 1. The molecule has 0 bridgehead atoms. The van der Waals surface area contributed by atoms with Gasteiger partial charge in [-0.15, -0.1) is 0 Å². The molecule has 0 amide bonds. The third-order valence-corrected chi connectivity index (χ3v) is 4.18. The van der Waals surface area contributed by atoms with Crippen molar-refractivity contribution in [3.05, 3.63) is 0 Å². The number of methoxy groups -OCH3 is 1. The normalized spacial score (nSPS) is 19.7. The van der Waals surface area contributed by atoms with Crippen LogP contribution >= 0.6 is 0 Å². The van der Waals surface area contributed by atoms with E-state index in [-0.39, 0.29) is 6.10 Å². The molecule has 1 aliphatic rings. The Bertz CT molecular complexity index is 245. The Hall–Kier alpha value is -0.200. The van der Waals surface area contributed by atoms with Gasteiger partial charge in [-0.25, -0.2) is 0 Å². The first-order chi connectivity index (χ1) is 9.00. The van der Waals surface area contributed by atoms with Gasteiger partial charge in [0, 0.05) is 38.8 Å². The van der Waals surface area contributed by atoms with Crippen molar-refractivity contribution in [1.82, 2.24) is 15.1 Å². The van der Waals surface area contributed by atoms with Crippen LogP contribution in [0.2, 0.25) is 0 Å². The van der Waals surface area contributed by atoms with E-state index in [1.165, 1.54) is 19.3 Å². The average Bonchev–Trinajstić information content (AvgIpc) is 2.29. The number of aliphatic hydroxyl groups is 1. The minimum Gasteiger partial charge on any atom is -0.390 e. The van der Waals surface area contributed by atoms with Crippen molar-refractivity contribution in [1.29, 1.82) is 0 Å². The zero-order valence-corrected chi connectivity index (χ0v) is 13.0. The summed E-state index contributed by atoms with van der Waals surface area (Å²) in [5.74, 6) is 0. The number of nitrogens with zero attached hydrogens (tertiary/aromatic N) is 2. The molecule has 0 heterocycles. The third-order valence-electron chi connectivity index (χ3n) is 4.18. The second kappa shape index (κ2) is 8.17. The minimum atomic E-state index is -0.318. The van der Waals surface area contributed by atoms with E-state index in [1.54, 1.807) is 7.11 Å². The fourth-order valence-electron chi connectivity index (χ4n) is 2.77. The summed E-state index contributed by atoms with van der Waals surface area (Å²) in [7, 11) is 8.11. The molecule has 1 atom stereocenters. The molecule has 1 rings (SSSR count). The summed E-state index contributed by atoms with van der Waals surface area (Å²) in [5.41, 5.74) is 0.331. The Morgan fingerprint density at radius 2 is 2.00 bits per heavy atom. The molecule has 0 spiro atoms. The Balaban J connectivity index is 2.20. The van der Waals surface area contributed by atoms with Gasteiger partial charge < -0.3 is 25.0 Å². The molecule has 1 fully saturated rings. The van der Waals surface area contributed by atoms with E-state index in [1.807, 2.05) is 0 Å². The highest BCUT2D eigenvalue weighted by Crippen LogP contribution is 2.36. The highest BCUT2D eigenvalue weighted by molar-refractivity contribution is 4.98. The molecule has 1 saturated carbocycles. The van der Waals surface area contributed by atoms with Crippen molar-refractivity contribution in [2.24, 2.45) is 0 Å². The lowest BCUT2D eigenvalue weighted by Crippen LogP contribution is -2.57. The quantitative estimate of drug-likeness (QED) is 0.549. The van der Waals surface area contributed by atoms with Crippen LogP contribution in [0.25, 0.3) is 0 Å². The lowest BCUT2D eigenvalue weighted by Gasteiger charge is -2.49. The van der Waals surface area contributed by atoms with Crippen LogP contribution in [0.3, 0.4) is 0 Å². The van der Waals surface area contributed by atoms with Crippen LogP contribution in [-0.4, -0.2) is 87.6 Å². The zero-order valence-electron chi connectivity index (χ0n) is 13.0. The summed E-state index contributed by atoms with van der Waals surface area (Å²) in [6, 6.07) is 0. The van der Waals surface area contributed by atoms with E-state index in [0.29, 0.717) is 18.7 Å². The molecule has 0 aromatic rings. The van der Waals surface area contributed by atoms with Crippen molar-refractivity contribution >= 4 is 0 Å². The summed E-state index contributed by atoms with van der Waals surface area (Å²) in [4.78, 5) is 4.60. The highest BCUT2D eigenvalue weighted by Gasteiger charge is 2.39. The van der Waals surface area contributed by atoms with Gasteiger partial charge in [-0.2, -0.15) is 0 Å². The van der Waals surface area contributed by atoms with Crippen LogP contribution in [0.1, 0.15) is 19.3 Å². The van der Waals surface area contributed by atoms with E-state index in [2.05, 4.69) is 36.3 Å². The fourth-order valence-corrected chi connectivity index (χ4v) is 2.77. The molecule has 5 heteroatoms. The molecular weight excluding hydrogens is 242 g/mol. The smallest absolute Gasteiger partial charge is 0.0791 e. The number of hydrogen-bond donors (Lipinski definition) is 2. The van der Waals surface area contributed by atoms with Gasteiger partial charge in [0.05, 0.1) is 12.7 Å². The summed E-state index contributed by atoms with van der Waals surface area (Å²) >= 11 is 0. The van der Waals surface area contributed by atoms with Gasteiger partial charge in [0.2, 0.25) is 0 Å². The first kappa shape index (κ1) is 16.9. The summed E-state index contributed by atoms with van der Waals surface area (Å²) in [5, 5.41) is 13.2. The molecule has 0 aromatic heterocycles. The monoisotopic (exact) mass is 273 g/mol. The minimum absolute atomic E-state index is 0.318. The van der Waals surface area contributed by atoms with Crippen LogP contribution in [0.4, 0.5) is 0 Å². The number of likely N-dealkylation sites (N-methyl/N-ethyl adjacent to an activating group) is 2. The Morgan fingerprint density at radius 1 is 1.32 bits per heavy atom. The molecule has 19 heavy (non-hydrogen) atoms. The molecular formula is C14H31N3O2. The van der Waals surface area contributed by atoms with Gasteiger partial charge in [-0.05, 0) is 40.4 Å². The molecule has 1 unspecified atom stereocenters. The van der Waals surface area contributed by atoms with Crippen LogP contribution in [0, 0.1) is 0 Å². The second-order valence-corrected chi connectivity index (χ2v) is 6.02. The van der Waals surface area contributed by atoms with E-state index in [4.69, 9.17) is 4.74 Å². The molecule has 2 N–H and O–H groups in total. The van der Waals surface area contributed by atoms with Crippen molar-refractivity contribution in [3.63, 3.8) is 0 Å². The topological polar surface area (TPSA) is 48.0 Å². The predicted molar refractivity (Wildman–Crippen MR) is 78.5 cm³/mol. The molecule has 114 valence electrons. The van der Waals surface area contributed by atoms with Crippen molar-refractivity contribution in [2.45, 2.75) is 30.9 Å². The Morgan fingerprint density at radius 3 is 2.47 bits per heavy atom. The lowest BCUT2D eigenvalue weighted by molar-refractivity contribution is 0.0149. The molecule has 0 aliphatic heterocycles. The number of aliphatic hydroxyl groups excluding tert-OH is 1. The van der Waals surface area contributed by atoms with Gasteiger partial charge in [-0.1, -0.05) is 0 Å². The lowest BCUT2D eigenvalue weighted by atomic mass is 9.75. The average molecular weight is 273 g/mol. The van der Waals surface area contributed by atoms with Crippen LogP contribution < -0.4 is 5.32 Å². The first-order valence-corrected chi connectivity index (χ1v) is 7.24. The molecule has 1 aliphatic carbocycles. The zero-order chi connectivity index (χ0) is 14.3. The maximum absolute atomic E-state index is 9.99. The van der Waals surface area contributed by atoms with Crippen LogP contribution in [-0.2, 0) is 4.74 Å². The standard InChI is InChI=1S/C14H31N3O2/c1-16(2)14(6-5-7-14)12-17(3)11-13(18)10-15-8-9-19-4/h13,15,18H,5-12H2,1-4H3. The van der Waals surface area contributed by atoms with Gasteiger partial charge >= 0.3 is 0 Å². The number of rotatable bonds is 10. The van der Waals surface area contributed by atoms with E-state index < -0.39 is 0 Å². The maximum Gasteiger partial charge on any atom is 0.0791 e. The third kappa shape index (κ3) is 5.36. The molecule has 5 nitrogen and oxygen atoms in total. The van der Waals surface area contributed by atoms with Crippen molar-refractivity contribution in [2.75, 3.05) is 61.0 Å². The summed E-state index contributed by atoms with van der Waals surface area (Å²) < 4.78 is 4.96. The van der Waals surface area contributed by atoms with Crippen molar-refractivity contribution in [3.8, 4) is 0 Å². The van der Waals surface area contributed by atoms with Crippen molar-refractivity contribution < 1.29 is 9.84 Å². The summed E-state index contributed by atoms with van der Waals surface area (Å²) in [6.45, 7) is 3.86. The highest BCUT2D eigenvalue weighted by atomic mass is 16.5. The van der Waals surface area contributed by atoms with E-state index >= 15 is 0 Å². The molecule has 0 radical (unpaired) electrons. The fraction of sp³-hybridized carbons (Fsp3) is 1.00. The van der Waals surface area contributed by atoms with Crippen LogP contribution in [0.5, 0.6) is 0 Å². The SMILES string of the molecule is COCCNCC(O)CN(C)CC1(N(C)C)CCC1. The van der Waals surface area contributed by atoms with E-state index in [9.17, 15) is 5.11 Å². The predicted octanol–water partition coefficient (Wildman–Crippen LogP) is -0.000600. The summed E-state index contributed by atoms with van der Waals surface area (Å²) in [6.07, 6.45) is 3.55. The first-order valence-electron chi connectivity index (χ1n) is 7.24. The molecule has 0 saturated heterocycles. The second-order valence-electron chi connectivity index (χ2n) is 6.02. The van der Waals surface area contributed by atoms with E-state index in [0.717, 1.165) is 19.6 Å².